The number of halogens is 1. The molecule has 0 saturated heterocycles. The Bertz CT molecular complexity index is 582. The van der Waals surface area contributed by atoms with Crippen molar-refractivity contribution in [1.82, 2.24) is 4.90 Å². The summed E-state index contributed by atoms with van der Waals surface area (Å²) in [6.07, 6.45) is 0. The van der Waals surface area contributed by atoms with Crippen molar-refractivity contribution in [1.29, 1.82) is 0 Å². The van der Waals surface area contributed by atoms with Crippen molar-refractivity contribution >= 4 is 33.7 Å². The standard InChI is InChI=1S/C13H12BrNO4/c1-6(2)10(13(18)19)15-11(16)8-4-3-7(14)5-9(8)12(15)17/h3-6,10H,1-2H3,(H,18,19). The number of imide groups is 1. The Morgan fingerprint density at radius 2 is 1.79 bits per heavy atom. The quantitative estimate of drug-likeness (QED) is 0.864. The Hall–Kier alpha value is -1.69. The predicted octanol–water partition coefficient (Wildman–Crippen LogP) is 2.15. The summed E-state index contributed by atoms with van der Waals surface area (Å²) in [6.45, 7) is 3.33. The molecule has 1 aromatic rings. The second kappa shape index (κ2) is 4.77. The number of hydrogen-bond donors (Lipinski definition) is 1. The zero-order chi connectivity index (χ0) is 14.3. The number of carbonyl (C=O) groups excluding carboxylic acids is 2. The number of rotatable bonds is 3. The molecule has 0 spiro atoms. The summed E-state index contributed by atoms with van der Waals surface area (Å²) >= 11 is 3.23. The Balaban J connectivity index is 2.50. The van der Waals surface area contributed by atoms with Crippen LogP contribution in [0.1, 0.15) is 34.6 Å². The molecule has 1 unspecified atom stereocenters. The van der Waals surface area contributed by atoms with Gasteiger partial charge in [-0.15, -0.1) is 0 Å². The summed E-state index contributed by atoms with van der Waals surface area (Å²) in [5, 5.41) is 9.22. The SMILES string of the molecule is CC(C)C(C(=O)O)N1C(=O)c2ccc(Br)cc2C1=O. The number of aliphatic carboxylic acids is 1. The molecule has 0 saturated carbocycles. The van der Waals surface area contributed by atoms with Gasteiger partial charge in [-0.1, -0.05) is 29.8 Å². The number of amides is 2. The molecule has 6 heteroatoms. The van der Waals surface area contributed by atoms with E-state index in [9.17, 15) is 19.5 Å². The summed E-state index contributed by atoms with van der Waals surface area (Å²) in [5.74, 6) is -2.64. The molecular weight excluding hydrogens is 314 g/mol. The summed E-state index contributed by atoms with van der Waals surface area (Å²) in [4.78, 5) is 36.5. The first kappa shape index (κ1) is 13.7. The van der Waals surface area contributed by atoms with Gasteiger partial charge in [0.1, 0.15) is 6.04 Å². The number of carboxylic acid groups (broad SMARTS) is 1. The topological polar surface area (TPSA) is 74.7 Å². The zero-order valence-electron chi connectivity index (χ0n) is 10.4. The van der Waals surface area contributed by atoms with Crippen molar-refractivity contribution in [3.63, 3.8) is 0 Å². The molecule has 1 aromatic carbocycles. The minimum absolute atomic E-state index is 0.242. The first-order valence-corrected chi connectivity index (χ1v) is 6.54. The molecule has 5 nitrogen and oxygen atoms in total. The third-order valence-corrected chi connectivity index (χ3v) is 3.54. The van der Waals surface area contributed by atoms with Gasteiger partial charge in [0.15, 0.2) is 0 Å². The largest absolute Gasteiger partial charge is 0.480 e. The molecule has 1 heterocycles. The van der Waals surface area contributed by atoms with Crippen molar-refractivity contribution in [3.8, 4) is 0 Å². The molecule has 2 rings (SSSR count). The van der Waals surface area contributed by atoms with Crippen LogP contribution in [0.15, 0.2) is 22.7 Å². The van der Waals surface area contributed by atoms with E-state index in [-0.39, 0.29) is 17.0 Å². The van der Waals surface area contributed by atoms with Gasteiger partial charge >= 0.3 is 5.97 Å². The summed E-state index contributed by atoms with van der Waals surface area (Å²) in [7, 11) is 0. The fraction of sp³-hybridized carbons (Fsp3) is 0.308. The van der Waals surface area contributed by atoms with Gasteiger partial charge in [-0.3, -0.25) is 14.5 Å². The maximum atomic E-state index is 12.2. The zero-order valence-corrected chi connectivity index (χ0v) is 12.0. The molecule has 0 fully saturated rings. The minimum Gasteiger partial charge on any atom is -0.480 e. The van der Waals surface area contributed by atoms with Gasteiger partial charge < -0.3 is 5.11 Å². The fourth-order valence-electron chi connectivity index (χ4n) is 2.18. The summed E-state index contributed by atoms with van der Waals surface area (Å²) in [5.41, 5.74) is 0.492. The van der Waals surface area contributed by atoms with Crippen molar-refractivity contribution < 1.29 is 19.5 Å². The van der Waals surface area contributed by atoms with Crippen molar-refractivity contribution in [2.75, 3.05) is 0 Å². The van der Waals surface area contributed by atoms with Gasteiger partial charge in [0.2, 0.25) is 0 Å². The molecule has 0 radical (unpaired) electrons. The highest BCUT2D eigenvalue weighted by Crippen LogP contribution is 2.29. The van der Waals surface area contributed by atoms with E-state index < -0.39 is 23.8 Å². The summed E-state index contributed by atoms with van der Waals surface area (Å²) in [6, 6.07) is 3.57. The van der Waals surface area contributed by atoms with Gasteiger partial charge in [-0.2, -0.15) is 0 Å². The molecule has 2 amide bonds. The smallest absolute Gasteiger partial charge is 0.327 e. The van der Waals surface area contributed by atoms with Crippen LogP contribution in [0.3, 0.4) is 0 Å². The molecule has 19 heavy (non-hydrogen) atoms. The highest BCUT2D eigenvalue weighted by atomic mass is 79.9. The molecule has 1 atom stereocenters. The van der Waals surface area contributed by atoms with Gasteiger partial charge in [-0.25, -0.2) is 4.79 Å². The van der Waals surface area contributed by atoms with Crippen LogP contribution < -0.4 is 0 Å². The van der Waals surface area contributed by atoms with Crippen LogP contribution in [0.5, 0.6) is 0 Å². The van der Waals surface area contributed by atoms with Crippen LogP contribution in [0.4, 0.5) is 0 Å². The van der Waals surface area contributed by atoms with E-state index in [0.717, 1.165) is 4.90 Å². The number of hydrogen-bond acceptors (Lipinski definition) is 3. The molecule has 1 aliphatic heterocycles. The third-order valence-electron chi connectivity index (χ3n) is 3.04. The maximum absolute atomic E-state index is 12.2. The van der Waals surface area contributed by atoms with Gasteiger partial charge in [0.05, 0.1) is 11.1 Å². The Kier molecular flexibility index (Phi) is 3.45. The monoisotopic (exact) mass is 325 g/mol. The average Bonchev–Trinajstić information content (AvgIpc) is 2.53. The van der Waals surface area contributed by atoms with Crippen LogP contribution in [0.25, 0.3) is 0 Å². The number of benzene rings is 1. The molecule has 100 valence electrons. The van der Waals surface area contributed by atoms with E-state index in [1.165, 1.54) is 12.1 Å². The average molecular weight is 326 g/mol. The van der Waals surface area contributed by atoms with Crippen LogP contribution in [-0.2, 0) is 4.79 Å². The molecular formula is C13H12BrNO4. The van der Waals surface area contributed by atoms with E-state index in [4.69, 9.17) is 0 Å². The highest BCUT2D eigenvalue weighted by Gasteiger charge is 2.44. The van der Waals surface area contributed by atoms with Gasteiger partial charge in [0.25, 0.3) is 11.8 Å². The second-order valence-electron chi connectivity index (χ2n) is 4.70. The number of nitrogens with zero attached hydrogens (tertiary/aromatic N) is 1. The third kappa shape index (κ3) is 2.16. The van der Waals surface area contributed by atoms with E-state index in [1.54, 1.807) is 19.9 Å². The Morgan fingerprint density at radius 3 is 2.32 bits per heavy atom. The fourth-order valence-corrected chi connectivity index (χ4v) is 2.54. The normalized spacial score (nSPS) is 15.9. The van der Waals surface area contributed by atoms with Crippen LogP contribution >= 0.6 is 15.9 Å². The van der Waals surface area contributed by atoms with Crippen molar-refractivity contribution in [2.45, 2.75) is 19.9 Å². The molecule has 1 N–H and O–H groups in total. The first-order chi connectivity index (χ1) is 8.84. The molecule has 0 bridgehead atoms. The lowest BCUT2D eigenvalue weighted by molar-refractivity contribution is -0.143. The van der Waals surface area contributed by atoms with E-state index in [2.05, 4.69) is 15.9 Å². The Morgan fingerprint density at radius 1 is 1.21 bits per heavy atom. The Labute approximate surface area is 118 Å². The van der Waals surface area contributed by atoms with Crippen molar-refractivity contribution in [3.05, 3.63) is 33.8 Å². The van der Waals surface area contributed by atoms with E-state index >= 15 is 0 Å². The van der Waals surface area contributed by atoms with Crippen molar-refractivity contribution in [2.24, 2.45) is 5.92 Å². The van der Waals surface area contributed by atoms with Crippen LogP contribution in [0, 0.1) is 5.92 Å². The molecule has 0 aromatic heterocycles. The lowest BCUT2D eigenvalue weighted by Crippen LogP contribution is -2.47. The number of carboxylic acids is 1. The predicted molar refractivity (Wildman–Crippen MR) is 70.9 cm³/mol. The lowest BCUT2D eigenvalue weighted by atomic mass is 10.0. The summed E-state index contributed by atoms with van der Waals surface area (Å²) < 4.78 is 0.672. The second-order valence-corrected chi connectivity index (χ2v) is 5.61. The van der Waals surface area contributed by atoms with Crippen LogP contribution in [-0.4, -0.2) is 33.8 Å². The van der Waals surface area contributed by atoms with E-state index in [0.29, 0.717) is 4.47 Å². The van der Waals surface area contributed by atoms with Gasteiger partial charge in [-0.05, 0) is 24.1 Å². The number of carbonyl (C=O) groups is 3. The lowest BCUT2D eigenvalue weighted by Gasteiger charge is -2.25. The molecule has 1 aliphatic rings. The minimum atomic E-state index is -1.18. The first-order valence-electron chi connectivity index (χ1n) is 5.75. The van der Waals surface area contributed by atoms with Gasteiger partial charge in [0, 0.05) is 4.47 Å². The number of fused-ring (bicyclic) bond motifs is 1. The van der Waals surface area contributed by atoms with E-state index in [1.807, 2.05) is 0 Å². The van der Waals surface area contributed by atoms with Crippen LogP contribution in [0.2, 0.25) is 0 Å². The highest BCUT2D eigenvalue weighted by molar-refractivity contribution is 9.10. The maximum Gasteiger partial charge on any atom is 0.327 e. The molecule has 0 aliphatic carbocycles.